The van der Waals surface area contributed by atoms with Crippen molar-refractivity contribution in [2.24, 2.45) is 4.99 Å². The second kappa shape index (κ2) is 9.35. The maximum atomic E-state index is 13.5. The molecule has 7 heteroatoms. The standard InChI is InChI=1S/C21H15Cl2FN2O2/c22-15-4-3-5-16(11-15)25-12-14-8-9-20(17(23)10-14)28-13-21(27)26-19-7-2-1-6-18(19)24/h1-12H,13H2,(H,26,27). The molecule has 142 valence electrons. The van der Waals surface area contributed by atoms with E-state index in [-0.39, 0.29) is 12.3 Å². The first kappa shape index (κ1) is 19.9. The van der Waals surface area contributed by atoms with Gasteiger partial charge in [0.1, 0.15) is 11.6 Å². The molecule has 0 saturated carbocycles. The first-order valence-corrected chi connectivity index (χ1v) is 9.03. The Balaban J connectivity index is 1.59. The maximum absolute atomic E-state index is 13.5. The average Bonchev–Trinajstić information content (AvgIpc) is 2.67. The van der Waals surface area contributed by atoms with Crippen molar-refractivity contribution in [1.29, 1.82) is 0 Å². The summed E-state index contributed by atoms with van der Waals surface area (Å²) in [4.78, 5) is 16.3. The van der Waals surface area contributed by atoms with Crippen molar-refractivity contribution in [1.82, 2.24) is 0 Å². The van der Waals surface area contributed by atoms with Gasteiger partial charge in [0.15, 0.2) is 6.61 Å². The Morgan fingerprint density at radius 2 is 1.89 bits per heavy atom. The molecule has 0 saturated heterocycles. The minimum absolute atomic E-state index is 0.0924. The van der Waals surface area contributed by atoms with Gasteiger partial charge < -0.3 is 10.1 Å². The van der Waals surface area contributed by atoms with Crippen LogP contribution in [0.3, 0.4) is 0 Å². The molecule has 4 nitrogen and oxygen atoms in total. The second-order valence-electron chi connectivity index (χ2n) is 5.74. The van der Waals surface area contributed by atoms with E-state index < -0.39 is 11.7 Å². The van der Waals surface area contributed by atoms with E-state index in [2.05, 4.69) is 10.3 Å². The zero-order valence-electron chi connectivity index (χ0n) is 14.5. The van der Waals surface area contributed by atoms with Crippen LogP contribution in [-0.4, -0.2) is 18.7 Å². The molecule has 1 N–H and O–H groups in total. The number of aliphatic imine (C=N–C) groups is 1. The molecule has 0 aliphatic rings. The number of para-hydroxylation sites is 1. The van der Waals surface area contributed by atoms with Crippen molar-refractivity contribution in [3.05, 3.63) is 88.2 Å². The number of nitrogens with one attached hydrogen (secondary N) is 1. The summed E-state index contributed by atoms with van der Waals surface area (Å²) in [6.07, 6.45) is 1.65. The van der Waals surface area contributed by atoms with E-state index in [1.807, 2.05) is 12.1 Å². The first-order chi connectivity index (χ1) is 13.5. The summed E-state index contributed by atoms with van der Waals surface area (Å²) in [5.41, 5.74) is 1.57. The Morgan fingerprint density at radius 3 is 2.64 bits per heavy atom. The summed E-state index contributed by atoms with van der Waals surface area (Å²) in [7, 11) is 0. The molecule has 0 aromatic heterocycles. The van der Waals surface area contributed by atoms with Gasteiger partial charge in [0.05, 0.1) is 16.4 Å². The lowest BCUT2D eigenvalue weighted by atomic mass is 10.2. The molecule has 0 heterocycles. The highest BCUT2D eigenvalue weighted by Crippen LogP contribution is 2.25. The van der Waals surface area contributed by atoms with E-state index in [0.29, 0.717) is 21.5 Å². The van der Waals surface area contributed by atoms with Crippen molar-refractivity contribution in [3.63, 3.8) is 0 Å². The first-order valence-electron chi connectivity index (χ1n) is 8.27. The predicted molar refractivity (Wildman–Crippen MR) is 111 cm³/mol. The normalized spacial score (nSPS) is 10.8. The molecule has 0 spiro atoms. The fourth-order valence-electron chi connectivity index (χ4n) is 2.31. The average molecular weight is 417 g/mol. The van der Waals surface area contributed by atoms with Crippen LogP contribution in [0.4, 0.5) is 15.8 Å². The number of rotatable bonds is 6. The van der Waals surface area contributed by atoms with Gasteiger partial charge in [-0.3, -0.25) is 9.79 Å². The van der Waals surface area contributed by atoms with E-state index in [9.17, 15) is 9.18 Å². The number of ether oxygens (including phenoxy) is 1. The fraction of sp³-hybridized carbons (Fsp3) is 0.0476. The SMILES string of the molecule is O=C(COc1ccc(C=Nc2cccc(Cl)c2)cc1Cl)Nc1ccccc1F. The number of hydrogen-bond donors (Lipinski definition) is 1. The zero-order valence-corrected chi connectivity index (χ0v) is 16.0. The quantitative estimate of drug-likeness (QED) is 0.508. The van der Waals surface area contributed by atoms with Crippen LogP contribution >= 0.6 is 23.2 Å². The van der Waals surface area contributed by atoms with Gasteiger partial charge >= 0.3 is 0 Å². The van der Waals surface area contributed by atoms with Gasteiger partial charge in [-0.05, 0) is 54.1 Å². The van der Waals surface area contributed by atoms with E-state index in [4.69, 9.17) is 27.9 Å². The van der Waals surface area contributed by atoms with Crippen molar-refractivity contribution < 1.29 is 13.9 Å². The fourth-order valence-corrected chi connectivity index (χ4v) is 2.74. The topological polar surface area (TPSA) is 50.7 Å². The Labute approximate surface area is 171 Å². The molecule has 3 rings (SSSR count). The lowest BCUT2D eigenvalue weighted by molar-refractivity contribution is -0.118. The maximum Gasteiger partial charge on any atom is 0.262 e. The molecule has 3 aromatic carbocycles. The van der Waals surface area contributed by atoms with Crippen molar-refractivity contribution in [2.75, 3.05) is 11.9 Å². The van der Waals surface area contributed by atoms with Gasteiger partial charge in [-0.15, -0.1) is 0 Å². The number of carbonyl (C=O) groups is 1. The summed E-state index contributed by atoms with van der Waals surface area (Å²) in [6, 6.07) is 18.1. The van der Waals surface area contributed by atoms with Crippen molar-refractivity contribution in [2.45, 2.75) is 0 Å². The monoisotopic (exact) mass is 416 g/mol. The molecule has 0 aliphatic carbocycles. The van der Waals surface area contributed by atoms with Gasteiger partial charge in [0.25, 0.3) is 5.91 Å². The zero-order chi connectivity index (χ0) is 19.9. The molecule has 0 radical (unpaired) electrons. The molecule has 0 aliphatic heterocycles. The lowest BCUT2D eigenvalue weighted by Gasteiger charge is -2.09. The number of benzene rings is 3. The van der Waals surface area contributed by atoms with Gasteiger partial charge in [0.2, 0.25) is 0 Å². The molecule has 0 fully saturated rings. The van der Waals surface area contributed by atoms with Gasteiger partial charge in [0, 0.05) is 11.2 Å². The number of hydrogen-bond acceptors (Lipinski definition) is 3. The summed E-state index contributed by atoms with van der Waals surface area (Å²) in [6.45, 7) is -0.302. The van der Waals surface area contributed by atoms with Gasteiger partial charge in [-0.25, -0.2) is 4.39 Å². The minimum Gasteiger partial charge on any atom is -0.482 e. The molecule has 1 amide bonds. The molecule has 0 unspecified atom stereocenters. The number of halogens is 3. The Morgan fingerprint density at radius 1 is 1.07 bits per heavy atom. The van der Waals surface area contributed by atoms with E-state index in [1.54, 1.807) is 48.7 Å². The lowest BCUT2D eigenvalue weighted by Crippen LogP contribution is -2.20. The third kappa shape index (κ3) is 5.55. The molecular formula is C21H15Cl2FN2O2. The highest BCUT2D eigenvalue weighted by Gasteiger charge is 2.09. The van der Waals surface area contributed by atoms with Crippen LogP contribution in [0.5, 0.6) is 5.75 Å². The largest absolute Gasteiger partial charge is 0.482 e. The van der Waals surface area contributed by atoms with Crippen molar-refractivity contribution in [3.8, 4) is 5.75 Å². The molecule has 3 aromatic rings. The Bertz CT molecular complexity index is 1020. The summed E-state index contributed by atoms with van der Waals surface area (Å²) < 4.78 is 19.0. The van der Waals surface area contributed by atoms with E-state index >= 15 is 0 Å². The van der Waals surface area contributed by atoms with Crippen LogP contribution in [0.2, 0.25) is 10.0 Å². The van der Waals surface area contributed by atoms with E-state index in [0.717, 1.165) is 5.56 Å². The Hall–Kier alpha value is -2.89. The van der Waals surface area contributed by atoms with Crippen molar-refractivity contribution >= 4 is 46.7 Å². The highest BCUT2D eigenvalue weighted by atomic mass is 35.5. The molecule has 0 bridgehead atoms. The van der Waals surface area contributed by atoms with Gasteiger partial charge in [-0.2, -0.15) is 0 Å². The second-order valence-corrected chi connectivity index (χ2v) is 6.59. The smallest absolute Gasteiger partial charge is 0.262 e. The van der Waals surface area contributed by atoms with Gasteiger partial charge in [-0.1, -0.05) is 41.4 Å². The number of carbonyl (C=O) groups excluding carboxylic acids is 1. The summed E-state index contributed by atoms with van der Waals surface area (Å²) >= 11 is 12.1. The predicted octanol–water partition coefficient (Wildman–Crippen LogP) is 5.90. The minimum atomic E-state index is -0.516. The third-order valence-corrected chi connectivity index (χ3v) is 4.16. The number of amides is 1. The third-order valence-electron chi connectivity index (χ3n) is 3.63. The molecule has 28 heavy (non-hydrogen) atoms. The number of anilines is 1. The van der Waals surface area contributed by atoms with Crippen LogP contribution in [0.15, 0.2) is 71.7 Å². The van der Waals surface area contributed by atoms with Crippen LogP contribution < -0.4 is 10.1 Å². The Kier molecular flexibility index (Phi) is 6.63. The molecule has 0 atom stereocenters. The highest BCUT2D eigenvalue weighted by molar-refractivity contribution is 6.32. The van der Waals surface area contributed by atoms with Crippen LogP contribution in [0, 0.1) is 5.82 Å². The molecular weight excluding hydrogens is 402 g/mol. The van der Waals surface area contributed by atoms with Crippen LogP contribution in [0.1, 0.15) is 5.56 Å². The van der Waals surface area contributed by atoms with E-state index in [1.165, 1.54) is 12.1 Å². The summed E-state index contributed by atoms with van der Waals surface area (Å²) in [5, 5.41) is 3.37. The van der Waals surface area contributed by atoms with Crippen LogP contribution in [-0.2, 0) is 4.79 Å². The van der Waals surface area contributed by atoms with Crippen LogP contribution in [0.25, 0.3) is 0 Å². The number of nitrogens with zero attached hydrogens (tertiary/aromatic N) is 1. The summed E-state index contributed by atoms with van der Waals surface area (Å²) in [5.74, 6) is -0.671.